The SMILES string of the molecule is CCC1CCC(N(CC)C2CCC(N)CC2)C1. The molecule has 2 nitrogen and oxygen atoms in total. The van der Waals surface area contributed by atoms with Crippen molar-refractivity contribution in [3.05, 3.63) is 0 Å². The molecule has 0 aliphatic heterocycles. The van der Waals surface area contributed by atoms with Gasteiger partial charge < -0.3 is 5.73 Å². The summed E-state index contributed by atoms with van der Waals surface area (Å²) in [6, 6.07) is 2.20. The van der Waals surface area contributed by atoms with E-state index in [0.717, 1.165) is 18.0 Å². The van der Waals surface area contributed by atoms with Crippen LogP contribution in [0.15, 0.2) is 0 Å². The number of hydrogen-bond donors (Lipinski definition) is 1. The highest BCUT2D eigenvalue weighted by Gasteiger charge is 2.32. The summed E-state index contributed by atoms with van der Waals surface area (Å²) < 4.78 is 0. The van der Waals surface area contributed by atoms with Crippen LogP contribution in [0.4, 0.5) is 0 Å². The topological polar surface area (TPSA) is 29.3 Å². The summed E-state index contributed by atoms with van der Waals surface area (Å²) in [6.45, 7) is 5.93. The molecule has 2 aliphatic rings. The molecule has 0 radical (unpaired) electrons. The number of rotatable bonds is 4. The molecule has 0 aromatic carbocycles. The summed E-state index contributed by atoms with van der Waals surface area (Å²) in [7, 11) is 0. The molecule has 2 atom stereocenters. The van der Waals surface area contributed by atoms with Crippen molar-refractivity contribution in [2.45, 2.75) is 83.3 Å². The van der Waals surface area contributed by atoms with Crippen molar-refractivity contribution in [1.82, 2.24) is 4.90 Å². The second kappa shape index (κ2) is 6.19. The Bertz CT molecular complexity index is 219. The lowest BCUT2D eigenvalue weighted by Crippen LogP contribution is -2.45. The van der Waals surface area contributed by atoms with Gasteiger partial charge in [-0.15, -0.1) is 0 Å². The Morgan fingerprint density at radius 1 is 0.941 bits per heavy atom. The third-order valence-electron chi connectivity index (χ3n) is 5.14. The van der Waals surface area contributed by atoms with Gasteiger partial charge in [0.1, 0.15) is 0 Å². The minimum atomic E-state index is 0.483. The molecule has 0 spiro atoms. The van der Waals surface area contributed by atoms with Crippen molar-refractivity contribution in [3.63, 3.8) is 0 Å². The van der Waals surface area contributed by atoms with Crippen LogP contribution in [0, 0.1) is 5.92 Å². The summed E-state index contributed by atoms with van der Waals surface area (Å²) in [5.74, 6) is 1.000. The van der Waals surface area contributed by atoms with Gasteiger partial charge in [-0.25, -0.2) is 0 Å². The van der Waals surface area contributed by atoms with Crippen LogP contribution in [-0.4, -0.2) is 29.6 Å². The standard InChI is InChI=1S/C15H30N2/c1-3-12-5-8-15(11-12)17(4-2)14-9-6-13(16)7-10-14/h12-15H,3-11,16H2,1-2H3. The van der Waals surface area contributed by atoms with Gasteiger partial charge in [0.2, 0.25) is 0 Å². The molecule has 2 aliphatic carbocycles. The molecule has 2 rings (SSSR count). The van der Waals surface area contributed by atoms with Crippen LogP contribution in [0.25, 0.3) is 0 Å². The predicted molar refractivity (Wildman–Crippen MR) is 74.0 cm³/mol. The van der Waals surface area contributed by atoms with Crippen molar-refractivity contribution >= 4 is 0 Å². The first kappa shape index (κ1) is 13.4. The Balaban J connectivity index is 1.88. The minimum absolute atomic E-state index is 0.483. The van der Waals surface area contributed by atoms with E-state index in [1.807, 2.05) is 0 Å². The zero-order valence-electron chi connectivity index (χ0n) is 11.7. The van der Waals surface area contributed by atoms with Crippen LogP contribution in [0.3, 0.4) is 0 Å². The molecule has 0 aromatic rings. The lowest BCUT2D eigenvalue weighted by atomic mass is 9.89. The van der Waals surface area contributed by atoms with E-state index in [-0.39, 0.29) is 0 Å². The molecule has 2 heteroatoms. The Labute approximate surface area is 107 Å². The van der Waals surface area contributed by atoms with Gasteiger partial charge in [0, 0.05) is 18.1 Å². The molecule has 2 unspecified atom stereocenters. The van der Waals surface area contributed by atoms with Crippen LogP contribution in [0.2, 0.25) is 0 Å². The average molecular weight is 238 g/mol. The van der Waals surface area contributed by atoms with Crippen molar-refractivity contribution < 1.29 is 0 Å². The maximum Gasteiger partial charge on any atom is 0.0101 e. The van der Waals surface area contributed by atoms with Crippen LogP contribution in [-0.2, 0) is 0 Å². The summed E-state index contributed by atoms with van der Waals surface area (Å²) in [5, 5.41) is 0. The lowest BCUT2D eigenvalue weighted by molar-refractivity contribution is 0.106. The van der Waals surface area contributed by atoms with E-state index in [1.54, 1.807) is 0 Å². The monoisotopic (exact) mass is 238 g/mol. The van der Waals surface area contributed by atoms with Crippen LogP contribution in [0.1, 0.15) is 65.2 Å². The normalized spacial score (nSPS) is 38.8. The molecule has 0 aromatic heterocycles. The van der Waals surface area contributed by atoms with Gasteiger partial charge in [-0.3, -0.25) is 4.90 Å². The fraction of sp³-hybridized carbons (Fsp3) is 1.00. The van der Waals surface area contributed by atoms with E-state index in [2.05, 4.69) is 18.7 Å². The fourth-order valence-corrected chi connectivity index (χ4v) is 3.97. The Morgan fingerprint density at radius 2 is 1.59 bits per heavy atom. The third kappa shape index (κ3) is 3.23. The molecule has 0 saturated heterocycles. The predicted octanol–water partition coefficient (Wildman–Crippen LogP) is 3.16. The summed E-state index contributed by atoms with van der Waals surface area (Å²) in [4.78, 5) is 2.81. The highest BCUT2D eigenvalue weighted by molar-refractivity contribution is 4.88. The molecule has 17 heavy (non-hydrogen) atoms. The van der Waals surface area contributed by atoms with Crippen molar-refractivity contribution in [1.29, 1.82) is 0 Å². The van der Waals surface area contributed by atoms with E-state index in [1.165, 1.54) is 57.9 Å². The van der Waals surface area contributed by atoms with Crippen molar-refractivity contribution in [2.75, 3.05) is 6.54 Å². The van der Waals surface area contributed by atoms with Gasteiger partial charge in [0.15, 0.2) is 0 Å². The van der Waals surface area contributed by atoms with E-state index in [0.29, 0.717) is 6.04 Å². The Hall–Kier alpha value is -0.0800. The number of hydrogen-bond acceptors (Lipinski definition) is 2. The van der Waals surface area contributed by atoms with E-state index < -0.39 is 0 Å². The molecular weight excluding hydrogens is 208 g/mol. The first-order chi connectivity index (χ1) is 8.24. The quantitative estimate of drug-likeness (QED) is 0.815. The van der Waals surface area contributed by atoms with Gasteiger partial charge in [-0.05, 0) is 57.4 Å². The molecule has 2 N–H and O–H groups in total. The van der Waals surface area contributed by atoms with E-state index in [4.69, 9.17) is 5.73 Å². The summed E-state index contributed by atoms with van der Waals surface area (Å²) >= 11 is 0. The summed E-state index contributed by atoms with van der Waals surface area (Å²) in [5.41, 5.74) is 6.02. The van der Waals surface area contributed by atoms with Crippen LogP contribution >= 0.6 is 0 Å². The molecule has 0 bridgehead atoms. The van der Waals surface area contributed by atoms with Gasteiger partial charge >= 0.3 is 0 Å². The van der Waals surface area contributed by atoms with Gasteiger partial charge in [0.05, 0.1) is 0 Å². The molecule has 0 heterocycles. The molecule has 100 valence electrons. The van der Waals surface area contributed by atoms with Gasteiger partial charge in [0.25, 0.3) is 0 Å². The molecule has 2 fully saturated rings. The molecular formula is C15H30N2. The van der Waals surface area contributed by atoms with E-state index in [9.17, 15) is 0 Å². The first-order valence-electron chi connectivity index (χ1n) is 7.75. The Morgan fingerprint density at radius 3 is 2.12 bits per heavy atom. The zero-order valence-corrected chi connectivity index (χ0v) is 11.7. The fourth-order valence-electron chi connectivity index (χ4n) is 3.97. The first-order valence-corrected chi connectivity index (χ1v) is 7.75. The smallest absolute Gasteiger partial charge is 0.0101 e. The van der Waals surface area contributed by atoms with Crippen LogP contribution in [0.5, 0.6) is 0 Å². The average Bonchev–Trinajstić information content (AvgIpc) is 2.81. The largest absolute Gasteiger partial charge is 0.328 e. The van der Waals surface area contributed by atoms with Gasteiger partial charge in [-0.2, -0.15) is 0 Å². The molecule has 0 amide bonds. The molecule has 2 saturated carbocycles. The third-order valence-corrected chi connectivity index (χ3v) is 5.14. The minimum Gasteiger partial charge on any atom is -0.328 e. The summed E-state index contributed by atoms with van der Waals surface area (Å²) in [6.07, 6.45) is 10.9. The maximum atomic E-state index is 6.02. The van der Waals surface area contributed by atoms with Gasteiger partial charge in [-0.1, -0.05) is 20.3 Å². The second-order valence-electron chi connectivity index (χ2n) is 6.14. The lowest BCUT2D eigenvalue weighted by Gasteiger charge is -2.39. The zero-order chi connectivity index (χ0) is 12.3. The highest BCUT2D eigenvalue weighted by Crippen LogP contribution is 2.34. The number of nitrogens with zero attached hydrogens (tertiary/aromatic N) is 1. The second-order valence-corrected chi connectivity index (χ2v) is 6.14. The highest BCUT2D eigenvalue weighted by atomic mass is 15.2. The van der Waals surface area contributed by atoms with Crippen LogP contribution < -0.4 is 5.73 Å². The Kier molecular flexibility index (Phi) is 4.87. The van der Waals surface area contributed by atoms with E-state index >= 15 is 0 Å². The maximum absolute atomic E-state index is 6.02. The van der Waals surface area contributed by atoms with Crippen molar-refractivity contribution in [3.8, 4) is 0 Å². The van der Waals surface area contributed by atoms with Crippen molar-refractivity contribution in [2.24, 2.45) is 11.7 Å². The number of nitrogens with two attached hydrogens (primary N) is 1.